The topological polar surface area (TPSA) is 21.3 Å². The Morgan fingerprint density at radius 3 is 2.69 bits per heavy atom. The number of hydrogen-bond donors (Lipinski definition) is 1. The molecule has 0 saturated carbocycles. The van der Waals surface area contributed by atoms with E-state index in [2.05, 4.69) is 31.0 Å². The van der Waals surface area contributed by atoms with Crippen molar-refractivity contribution in [2.24, 2.45) is 0 Å². The number of benzene rings is 1. The van der Waals surface area contributed by atoms with E-state index in [9.17, 15) is 0 Å². The van der Waals surface area contributed by atoms with Gasteiger partial charge in [-0.15, -0.1) is 6.58 Å². The Hall–Kier alpha value is -1.44. The molecule has 0 amide bonds. The van der Waals surface area contributed by atoms with Crippen molar-refractivity contribution in [1.82, 2.24) is 0 Å². The standard InChI is InChI=1S/C14H21NO/c1-3-5-6-11-15-13-7-9-14(10-8-13)16-12-4-2/h3,7-10,15H,1,4-6,11-12H2,2H3. The van der Waals surface area contributed by atoms with E-state index in [1.54, 1.807) is 0 Å². The maximum Gasteiger partial charge on any atom is 0.119 e. The van der Waals surface area contributed by atoms with Crippen molar-refractivity contribution in [2.75, 3.05) is 18.5 Å². The number of hydrogen-bond acceptors (Lipinski definition) is 2. The highest BCUT2D eigenvalue weighted by Gasteiger charge is 1.94. The lowest BCUT2D eigenvalue weighted by Crippen LogP contribution is -2.01. The van der Waals surface area contributed by atoms with E-state index in [1.165, 1.54) is 0 Å². The van der Waals surface area contributed by atoms with Crippen LogP contribution in [0.1, 0.15) is 26.2 Å². The van der Waals surface area contributed by atoms with Crippen LogP contribution in [0, 0.1) is 0 Å². The normalized spacial score (nSPS) is 9.81. The zero-order valence-corrected chi connectivity index (χ0v) is 10.0. The molecule has 2 heteroatoms. The first-order chi connectivity index (χ1) is 7.86. The second-order valence-corrected chi connectivity index (χ2v) is 3.73. The van der Waals surface area contributed by atoms with E-state index < -0.39 is 0 Å². The minimum Gasteiger partial charge on any atom is -0.494 e. The molecule has 1 aromatic carbocycles. The van der Waals surface area contributed by atoms with Crippen molar-refractivity contribution in [3.63, 3.8) is 0 Å². The molecule has 0 aliphatic heterocycles. The zero-order chi connectivity index (χ0) is 11.6. The molecule has 0 aliphatic rings. The first-order valence-corrected chi connectivity index (χ1v) is 5.94. The van der Waals surface area contributed by atoms with Gasteiger partial charge in [-0.25, -0.2) is 0 Å². The Bertz CT molecular complexity index is 292. The van der Waals surface area contributed by atoms with Gasteiger partial charge in [-0.3, -0.25) is 0 Å². The lowest BCUT2D eigenvalue weighted by Gasteiger charge is -2.07. The second kappa shape index (κ2) is 7.80. The summed E-state index contributed by atoms with van der Waals surface area (Å²) < 4.78 is 5.51. The molecular weight excluding hydrogens is 198 g/mol. The maximum atomic E-state index is 5.51. The molecule has 0 saturated heterocycles. The molecular formula is C14H21NO. The van der Waals surface area contributed by atoms with Gasteiger partial charge in [-0.05, 0) is 43.5 Å². The van der Waals surface area contributed by atoms with Gasteiger partial charge in [0.25, 0.3) is 0 Å². The summed E-state index contributed by atoms with van der Waals surface area (Å²) in [6.45, 7) is 7.58. The van der Waals surface area contributed by atoms with E-state index >= 15 is 0 Å². The van der Waals surface area contributed by atoms with Crippen LogP contribution in [0.25, 0.3) is 0 Å². The zero-order valence-electron chi connectivity index (χ0n) is 10.0. The lowest BCUT2D eigenvalue weighted by molar-refractivity contribution is 0.317. The third kappa shape index (κ3) is 4.87. The minimum absolute atomic E-state index is 0.784. The van der Waals surface area contributed by atoms with Crippen LogP contribution >= 0.6 is 0 Å². The van der Waals surface area contributed by atoms with Gasteiger partial charge in [-0.2, -0.15) is 0 Å². The fraction of sp³-hybridized carbons (Fsp3) is 0.429. The average molecular weight is 219 g/mol. The molecule has 0 bridgehead atoms. The molecule has 16 heavy (non-hydrogen) atoms. The molecule has 1 N–H and O–H groups in total. The van der Waals surface area contributed by atoms with Crippen molar-refractivity contribution < 1.29 is 4.74 Å². The molecule has 0 aliphatic carbocycles. The van der Waals surface area contributed by atoms with Crippen molar-refractivity contribution in [2.45, 2.75) is 26.2 Å². The SMILES string of the molecule is C=CCCCNc1ccc(OCCC)cc1. The molecule has 0 aromatic heterocycles. The second-order valence-electron chi connectivity index (χ2n) is 3.73. The van der Waals surface area contributed by atoms with Gasteiger partial charge in [0.15, 0.2) is 0 Å². The first-order valence-electron chi connectivity index (χ1n) is 5.94. The Morgan fingerprint density at radius 2 is 2.06 bits per heavy atom. The lowest BCUT2D eigenvalue weighted by atomic mass is 10.2. The van der Waals surface area contributed by atoms with Crippen molar-refractivity contribution in [3.8, 4) is 5.75 Å². The van der Waals surface area contributed by atoms with Gasteiger partial charge in [0, 0.05) is 12.2 Å². The fourth-order valence-corrected chi connectivity index (χ4v) is 1.37. The molecule has 88 valence electrons. The molecule has 0 radical (unpaired) electrons. The van der Waals surface area contributed by atoms with E-state index in [0.29, 0.717) is 0 Å². The van der Waals surface area contributed by atoms with Gasteiger partial charge in [0.1, 0.15) is 5.75 Å². The fourth-order valence-electron chi connectivity index (χ4n) is 1.37. The van der Waals surface area contributed by atoms with Crippen LogP contribution in [-0.4, -0.2) is 13.2 Å². The van der Waals surface area contributed by atoms with Crippen molar-refractivity contribution >= 4 is 5.69 Å². The molecule has 1 aromatic rings. The molecule has 0 atom stereocenters. The van der Waals surface area contributed by atoms with Crippen molar-refractivity contribution in [1.29, 1.82) is 0 Å². The highest BCUT2D eigenvalue weighted by molar-refractivity contribution is 5.46. The summed E-state index contributed by atoms with van der Waals surface area (Å²) in [5.74, 6) is 0.943. The van der Waals surface area contributed by atoms with Gasteiger partial charge in [-0.1, -0.05) is 13.0 Å². The monoisotopic (exact) mass is 219 g/mol. The molecule has 0 heterocycles. The first kappa shape index (κ1) is 12.6. The molecule has 1 rings (SSSR count). The van der Waals surface area contributed by atoms with E-state index in [4.69, 9.17) is 4.74 Å². The number of unbranched alkanes of at least 4 members (excludes halogenated alkanes) is 1. The van der Waals surface area contributed by atoms with E-state index in [-0.39, 0.29) is 0 Å². The van der Waals surface area contributed by atoms with Crippen LogP contribution < -0.4 is 10.1 Å². The average Bonchev–Trinajstić information content (AvgIpc) is 2.33. The molecule has 0 spiro atoms. The summed E-state index contributed by atoms with van der Waals surface area (Å²) in [5, 5.41) is 3.36. The number of rotatable bonds is 8. The highest BCUT2D eigenvalue weighted by Crippen LogP contribution is 2.15. The maximum absolute atomic E-state index is 5.51. The summed E-state index contributed by atoms with van der Waals surface area (Å²) in [7, 11) is 0. The molecule has 0 unspecified atom stereocenters. The van der Waals surface area contributed by atoms with Crippen LogP contribution in [0.4, 0.5) is 5.69 Å². The van der Waals surface area contributed by atoms with Gasteiger partial charge >= 0.3 is 0 Å². The summed E-state index contributed by atoms with van der Waals surface area (Å²) in [4.78, 5) is 0. The number of anilines is 1. The predicted octanol–water partition coefficient (Wildman–Crippen LogP) is 3.85. The van der Waals surface area contributed by atoms with Gasteiger partial charge < -0.3 is 10.1 Å². The van der Waals surface area contributed by atoms with E-state index in [1.807, 2.05) is 18.2 Å². The van der Waals surface area contributed by atoms with Crippen LogP contribution in [0.3, 0.4) is 0 Å². The van der Waals surface area contributed by atoms with Gasteiger partial charge in [0.2, 0.25) is 0 Å². The summed E-state index contributed by atoms with van der Waals surface area (Å²) >= 11 is 0. The Morgan fingerprint density at radius 1 is 1.31 bits per heavy atom. The summed E-state index contributed by atoms with van der Waals surface area (Å²) in [6.07, 6.45) is 5.17. The minimum atomic E-state index is 0.784. The number of ether oxygens (including phenoxy) is 1. The number of nitrogens with one attached hydrogen (secondary N) is 1. The largest absolute Gasteiger partial charge is 0.494 e. The molecule has 2 nitrogen and oxygen atoms in total. The smallest absolute Gasteiger partial charge is 0.119 e. The van der Waals surface area contributed by atoms with Crippen LogP contribution in [0.2, 0.25) is 0 Å². The van der Waals surface area contributed by atoms with Crippen LogP contribution in [-0.2, 0) is 0 Å². The third-order valence-corrected chi connectivity index (χ3v) is 2.24. The number of allylic oxidation sites excluding steroid dienone is 1. The summed E-state index contributed by atoms with van der Waals surface area (Å²) in [5.41, 5.74) is 1.15. The highest BCUT2D eigenvalue weighted by atomic mass is 16.5. The predicted molar refractivity (Wildman–Crippen MR) is 70.1 cm³/mol. The van der Waals surface area contributed by atoms with Crippen molar-refractivity contribution in [3.05, 3.63) is 36.9 Å². The summed E-state index contributed by atoms with van der Waals surface area (Å²) in [6, 6.07) is 8.12. The molecule has 0 fully saturated rings. The Balaban J connectivity index is 2.30. The van der Waals surface area contributed by atoms with E-state index in [0.717, 1.165) is 43.9 Å². The van der Waals surface area contributed by atoms with Crippen LogP contribution in [0.5, 0.6) is 5.75 Å². The van der Waals surface area contributed by atoms with Gasteiger partial charge in [0.05, 0.1) is 6.61 Å². The Kier molecular flexibility index (Phi) is 6.16. The quantitative estimate of drug-likeness (QED) is 0.529. The Labute approximate surface area is 98.3 Å². The third-order valence-electron chi connectivity index (χ3n) is 2.24. The van der Waals surface area contributed by atoms with Crippen LogP contribution in [0.15, 0.2) is 36.9 Å².